The van der Waals surface area contributed by atoms with E-state index in [1.807, 2.05) is 12.1 Å². The summed E-state index contributed by atoms with van der Waals surface area (Å²) >= 11 is 0. The van der Waals surface area contributed by atoms with E-state index in [0.29, 0.717) is 6.61 Å². The second kappa shape index (κ2) is 9.40. The van der Waals surface area contributed by atoms with Gasteiger partial charge in [0, 0.05) is 13.1 Å². The second-order valence-corrected chi connectivity index (χ2v) is 7.31. The predicted molar refractivity (Wildman–Crippen MR) is 97.4 cm³/mol. The van der Waals surface area contributed by atoms with E-state index in [1.54, 1.807) is 0 Å². The largest absolute Gasteiger partial charge is 0.491 e. The highest BCUT2D eigenvalue weighted by molar-refractivity contribution is 5.27. The first-order valence-corrected chi connectivity index (χ1v) is 9.64. The van der Waals surface area contributed by atoms with Crippen molar-refractivity contribution < 1.29 is 9.84 Å². The van der Waals surface area contributed by atoms with E-state index in [4.69, 9.17) is 4.74 Å². The Morgan fingerprint density at radius 1 is 0.833 bits per heavy atom. The summed E-state index contributed by atoms with van der Waals surface area (Å²) in [6, 6.07) is 8.39. The quantitative estimate of drug-likeness (QED) is 0.833. The van der Waals surface area contributed by atoms with Crippen LogP contribution in [0.2, 0.25) is 0 Å². The summed E-state index contributed by atoms with van der Waals surface area (Å²) < 4.78 is 5.75. The van der Waals surface area contributed by atoms with Crippen LogP contribution in [-0.2, 0) is 6.54 Å². The van der Waals surface area contributed by atoms with Crippen molar-refractivity contribution in [1.82, 2.24) is 9.80 Å². The van der Waals surface area contributed by atoms with Crippen molar-refractivity contribution in [2.75, 3.05) is 39.3 Å². The standard InChI is InChI=1S/C20H32N2O2/c23-19(16-22-13-5-6-14-22)17-24-20-9-7-18(8-10-20)15-21-11-3-1-2-4-12-21/h7-10,19,23H,1-6,11-17H2. The van der Waals surface area contributed by atoms with Crippen molar-refractivity contribution >= 4 is 0 Å². The first-order valence-electron chi connectivity index (χ1n) is 9.64. The number of β-amino-alcohol motifs (C(OH)–C–C–N with tert-alkyl or cyclic N) is 1. The Balaban J connectivity index is 1.40. The Kier molecular flexibility index (Phi) is 6.94. The Bertz CT molecular complexity index is 463. The van der Waals surface area contributed by atoms with Gasteiger partial charge in [-0.3, -0.25) is 4.90 Å². The molecule has 0 aliphatic carbocycles. The summed E-state index contributed by atoms with van der Waals surface area (Å²) in [7, 11) is 0. The van der Waals surface area contributed by atoms with Crippen molar-refractivity contribution in [2.45, 2.75) is 51.2 Å². The molecule has 3 rings (SSSR count). The van der Waals surface area contributed by atoms with Crippen LogP contribution in [0, 0.1) is 0 Å². The zero-order valence-corrected chi connectivity index (χ0v) is 14.8. The van der Waals surface area contributed by atoms with Gasteiger partial charge in [0.15, 0.2) is 0 Å². The molecular formula is C20H32N2O2. The molecule has 0 aromatic heterocycles. The molecule has 1 N–H and O–H groups in total. The maximum absolute atomic E-state index is 10.1. The van der Waals surface area contributed by atoms with Crippen LogP contribution in [0.5, 0.6) is 5.75 Å². The van der Waals surface area contributed by atoms with Crippen LogP contribution in [0.4, 0.5) is 0 Å². The molecule has 2 saturated heterocycles. The van der Waals surface area contributed by atoms with Crippen LogP contribution in [0.1, 0.15) is 44.1 Å². The van der Waals surface area contributed by atoms with E-state index >= 15 is 0 Å². The summed E-state index contributed by atoms with van der Waals surface area (Å²) in [5.41, 5.74) is 1.35. The summed E-state index contributed by atoms with van der Waals surface area (Å²) in [5.74, 6) is 0.857. The Hall–Kier alpha value is -1.10. The first-order chi connectivity index (χ1) is 11.8. The maximum Gasteiger partial charge on any atom is 0.119 e. The van der Waals surface area contributed by atoms with Crippen LogP contribution in [0.25, 0.3) is 0 Å². The molecule has 0 radical (unpaired) electrons. The zero-order chi connectivity index (χ0) is 16.6. The number of nitrogens with zero attached hydrogens (tertiary/aromatic N) is 2. The fraction of sp³-hybridized carbons (Fsp3) is 0.700. The molecular weight excluding hydrogens is 300 g/mol. The number of hydrogen-bond acceptors (Lipinski definition) is 4. The molecule has 1 aromatic rings. The fourth-order valence-corrected chi connectivity index (χ4v) is 3.75. The number of aliphatic hydroxyl groups excluding tert-OH is 1. The number of aliphatic hydroxyl groups is 1. The van der Waals surface area contributed by atoms with Crippen molar-refractivity contribution in [3.05, 3.63) is 29.8 Å². The first kappa shape index (κ1) is 17.7. The molecule has 0 spiro atoms. The fourth-order valence-electron chi connectivity index (χ4n) is 3.75. The number of benzene rings is 1. The topological polar surface area (TPSA) is 35.9 Å². The van der Waals surface area contributed by atoms with Gasteiger partial charge < -0.3 is 14.7 Å². The number of likely N-dealkylation sites (tertiary alicyclic amines) is 2. The molecule has 2 aliphatic heterocycles. The van der Waals surface area contributed by atoms with E-state index in [9.17, 15) is 5.11 Å². The number of rotatable bonds is 7. The van der Waals surface area contributed by atoms with Gasteiger partial charge >= 0.3 is 0 Å². The van der Waals surface area contributed by atoms with Gasteiger partial charge in [-0.15, -0.1) is 0 Å². The maximum atomic E-state index is 10.1. The average Bonchev–Trinajstić information content (AvgIpc) is 2.96. The molecule has 24 heavy (non-hydrogen) atoms. The van der Waals surface area contributed by atoms with Crippen molar-refractivity contribution in [3.8, 4) is 5.75 Å². The van der Waals surface area contributed by atoms with Crippen molar-refractivity contribution in [1.29, 1.82) is 0 Å². The SMILES string of the molecule is OC(COc1ccc(CN2CCCCCC2)cc1)CN1CCCC1. The molecule has 0 saturated carbocycles. The van der Waals surface area contributed by atoms with E-state index in [2.05, 4.69) is 21.9 Å². The van der Waals surface area contributed by atoms with Crippen LogP contribution < -0.4 is 4.74 Å². The van der Waals surface area contributed by atoms with Gasteiger partial charge in [-0.25, -0.2) is 0 Å². The third kappa shape index (κ3) is 5.76. The van der Waals surface area contributed by atoms with Crippen molar-refractivity contribution in [3.63, 3.8) is 0 Å². The van der Waals surface area contributed by atoms with Crippen LogP contribution in [0.15, 0.2) is 24.3 Å². The van der Waals surface area contributed by atoms with Gasteiger partial charge in [0.1, 0.15) is 18.5 Å². The van der Waals surface area contributed by atoms with Crippen LogP contribution in [0.3, 0.4) is 0 Å². The molecule has 2 aliphatic rings. The van der Waals surface area contributed by atoms with Gasteiger partial charge in [0.05, 0.1) is 0 Å². The van der Waals surface area contributed by atoms with Gasteiger partial charge in [-0.05, 0) is 69.6 Å². The molecule has 1 aromatic carbocycles. The zero-order valence-electron chi connectivity index (χ0n) is 14.8. The predicted octanol–water partition coefficient (Wildman–Crippen LogP) is 2.90. The minimum Gasteiger partial charge on any atom is -0.491 e. The minimum absolute atomic E-state index is 0.377. The summed E-state index contributed by atoms with van der Waals surface area (Å²) in [4.78, 5) is 4.88. The molecule has 134 valence electrons. The summed E-state index contributed by atoms with van der Waals surface area (Å²) in [6.07, 6.45) is 7.52. The molecule has 0 bridgehead atoms. The number of ether oxygens (including phenoxy) is 1. The Labute approximate surface area is 146 Å². The molecule has 0 amide bonds. The lowest BCUT2D eigenvalue weighted by Gasteiger charge is -2.20. The minimum atomic E-state index is -0.403. The summed E-state index contributed by atoms with van der Waals surface area (Å²) in [5, 5.41) is 10.1. The lowest BCUT2D eigenvalue weighted by molar-refractivity contribution is 0.0758. The highest BCUT2D eigenvalue weighted by Gasteiger charge is 2.16. The summed E-state index contributed by atoms with van der Waals surface area (Å²) in [6.45, 7) is 6.82. The lowest BCUT2D eigenvalue weighted by atomic mass is 10.2. The highest BCUT2D eigenvalue weighted by atomic mass is 16.5. The van der Waals surface area contributed by atoms with Gasteiger partial charge in [0.25, 0.3) is 0 Å². The van der Waals surface area contributed by atoms with Gasteiger partial charge in [-0.2, -0.15) is 0 Å². The third-order valence-corrected chi connectivity index (χ3v) is 5.14. The lowest BCUT2D eigenvalue weighted by Crippen LogP contribution is -2.33. The smallest absolute Gasteiger partial charge is 0.119 e. The van der Waals surface area contributed by atoms with Crippen LogP contribution >= 0.6 is 0 Å². The number of hydrogen-bond donors (Lipinski definition) is 1. The van der Waals surface area contributed by atoms with E-state index < -0.39 is 6.10 Å². The Morgan fingerprint density at radius 2 is 1.42 bits per heavy atom. The molecule has 2 fully saturated rings. The second-order valence-electron chi connectivity index (χ2n) is 7.31. The van der Waals surface area contributed by atoms with Crippen molar-refractivity contribution in [2.24, 2.45) is 0 Å². The third-order valence-electron chi connectivity index (χ3n) is 5.14. The Morgan fingerprint density at radius 3 is 2.08 bits per heavy atom. The monoisotopic (exact) mass is 332 g/mol. The molecule has 1 atom stereocenters. The van der Waals surface area contributed by atoms with Gasteiger partial charge in [-0.1, -0.05) is 25.0 Å². The van der Waals surface area contributed by atoms with E-state index in [-0.39, 0.29) is 0 Å². The molecule has 2 heterocycles. The molecule has 1 unspecified atom stereocenters. The van der Waals surface area contributed by atoms with E-state index in [1.165, 1.54) is 57.2 Å². The molecule has 4 nitrogen and oxygen atoms in total. The van der Waals surface area contributed by atoms with Gasteiger partial charge in [0.2, 0.25) is 0 Å². The van der Waals surface area contributed by atoms with E-state index in [0.717, 1.165) is 31.9 Å². The van der Waals surface area contributed by atoms with Crippen LogP contribution in [-0.4, -0.2) is 60.3 Å². The highest BCUT2D eigenvalue weighted by Crippen LogP contribution is 2.17. The average molecular weight is 332 g/mol. The molecule has 4 heteroatoms. The normalized spacial score (nSPS) is 21.5.